The molecule has 0 unspecified atom stereocenters. The summed E-state index contributed by atoms with van der Waals surface area (Å²) in [6, 6.07) is 7.34. The molecule has 0 aromatic carbocycles. The van der Waals surface area contributed by atoms with Crippen LogP contribution in [0.5, 0.6) is 0 Å². The number of carbonyl (C=O) groups excluding carboxylic acids is 1. The molecule has 0 radical (unpaired) electrons. The molecule has 0 saturated heterocycles. The SMILES string of the molecule is Cc1cccc(NC(=O)c2cc(N)cn2C(C)C)n1. The molecule has 2 rings (SSSR count). The molecular weight excluding hydrogens is 240 g/mol. The Bertz CT molecular complexity index is 601. The molecule has 0 aliphatic rings. The lowest BCUT2D eigenvalue weighted by Crippen LogP contribution is -2.18. The number of rotatable bonds is 3. The third-order valence-corrected chi connectivity index (χ3v) is 2.79. The highest BCUT2D eigenvalue weighted by Crippen LogP contribution is 2.17. The van der Waals surface area contributed by atoms with Gasteiger partial charge < -0.3 is 15.6 Å². The van der Waals surface area contributed by atoms with Crippen molar-refractivity contribution >= 4 is 17.4 Å². The maximum absolute atomic E-state index is 12.2. The van der Waals surface area contributed by atoms with Crippen molar-refractivity contribution < 1.29 is 4.79 Å². The highest BCUT2D eigenvalue weighted by Gasteiger charge is 2.15. The van der Waals surface area contributed by atoms with E-state index in [1.165, 1.54) is 0 Å². The number of nitrogens with one attached hydrogen (secondary N) is 1. The van der Waals surface area contributed by atoms with E-state index in [4.69, 9.17) is 5.73 Å². The summed E-state index contributed by atoms with van der Waals surface area (Å²) in [5.41, 5.74) is 7.73. The Labute approximate surface area is 112 Å². The quantitative estimate of drug-likeness (QED) is 0.888. The van der Waals surface area contributed by atoms with Gasteiger partial charge in [-0.3, -0.25) is 4.79 Å². The van der Waals surface area contributed by atoms with Crippen LogP contribution in [0.25, 0.3) is 0 Å². The second-order valence-corrected chi connectivity index (χ2v) is 4.78. The maximum atomic E-state index is 12.2. The summed E-state index contributed by atoms with van der Waals surface area (Å²) < 4.78 is 1.85. The number of aromatic nitrogens is 2. The molecule has 2 heterocycles. The molecule has 0 atom stereocenters. The molecule has 0 aliphatic carbocycles. The van der Waals surface area contributed by atoms with Crippen LogP contribution in [0.4, 0.5) is 11.5 Å². The van der Waals surface area contributed by atoms with Crippen LogP contribution in [0.3, 0.4) is 0 Å². The van der Waals surface area contributed by atoms with Gasteiger partial charge in [0.2, 0.25) is 0 Å². The van der Waals surface area contributed by atoms with Crippen molar-refractivity contribution in [2.75, 3.05) is 11.1 Å². The maximum Gasteiger partial charge on any atom is 0.273 e. The molecule has 5 heteroatoms. The number of hydrogen-bond acceptors (Lipinski definition) is 3. The number of nitrogens with zero attached hydrogens (tertiary/aromatic N) is 2. The van der Waals surface area contributed by atoms with Gasteiger partial charge in [-0.2, -0.15) is 0 Å². The number of nitrogens with two attached hydrogens (primary N) is 1. The average molecular weight is 258 g/mol. The van der Waals surface area contributed by atoms with Crippen LogP contribution in [-0.4, -0.2) is 15.5 Å². The van der Waals surface area contributed by atoms with Crippen molar-refractivity contribution in [3.63, 3.8) is 0 Å². The second-order valence-electron chi connectivity index (χ2n) is 4.78. The van der Waals surface area contributed by atoms with Crippen LogP contribution in [0.2, 0.25) is 0 Å². The van der Waals surface area contributed by atoms with Crippen molar-refractivity contribution in [2.45, 2.75) is 26.8 Å². The van der Waals surface area contributed by atoms with E-state index in [1.807, 2.05) is 37.5 Å². The largest absolute Gasteiger partial charge is 0.397 e. The number of anilines is 2. The van der Waals surface area contributed by atoms with E-state index in [2.05, 4.69) is 10.3 Å². The average Bonchev–Trinajstić information content (AvgIpc) is 2.71. The van der Waals surface area contributed by atoms with Gasteiger partial charge in [-0.15, -0.1) is 0 Å². The molecule has 0 aliphatic heterocycles. The van der Waals surface area contributed by atoms with Crippen LogP contribution in [0, 0.1) is 6.92 Å². The minimum absolute atomic E-state index is 0.170. The molecule has 3 N–H and O–H groups in total. The summed E-state index contributed by atoms with van der Waals surface area (Å²) >= 11 is 0. The van der Waals surface area contributed by atoms with Crippen LogP contribution in [0.15, 0.2) is 30.5 Å². The third-order valence-electron chi connectivity index (χ3n) is 2.79. The Hall–Kier alpha value is -2.30. The summed E-state index contributed by atoms with van der Waals surface area (Å²) in [6.07, 6.45) is 1.77. The molecule has 0 spiro atoms. The van der Waals surface area contributed by atoms with E-state index in [0.717, 1.165) is 5.69 Å². The van der Waals surface area contributed by atoms with Crippen molar-refractivity contribution in [1.29, 1.82) is 0 Å². The molecule has 0 bridgehead atoms. The van der Waals surface area contributed by atoms with Gasteiger partial charge in [0.15, 0.2) is 0 Å². The fourth-order valence-corrected chi connectivity index (χ4v) is 1.90. The molecule has 0 saturated carbocycles. The van der Waals surface area contributed by atoms with Gasteiger partial charge in [0.25, 0.3) is 5.91 Å². The van der Waals surface area contributed by atoms with E-state index in [1.54, 1.807) is 18.3 Å². The number of pyridine rings is 1. The van der Waals surface area contributed by atoms with Crippen molar-refractivity contribution in [3.05, 3.63) is 41.9 Å². The molecular formula is C14H18N4O. The standard InChI is InChI=1S/C14H18N4O/c1-9(2)18-8-11(15)7-12(18)14(19)17-13-6-4-5-10(3)16-13/h4-9H,15H2,1-3H3,(H,16,17,19). The van der Waals surface area contributed by atoms with Gasteiger partial charge >= 0.3 is 0 Å². The van der Waals surface area contributed by atoms with Gasteiger partial charge in [0.1, 0.15) is 11.5 Å². The van der Waals surface area contributed by atoms with Gasteiger partial charge in [0.05, 0.1) is 5.69 Å². The Kier molecular flexibility index (Phi) is 3.55. The van der Waals surface area contributed by atoms with E-state index in [-0.39, 0.29) is 11.9 Å². The third kappa shape index (κ3) is 2.93. The summed E-state index contributed by atoms with van der Waals surface area (Å²) in [5.74, 6) is 0.337. The summed E-state index contributed by atoms with van der Waals surface area (Å²) in [6.45, 7) is 5.88. The normalized spacial score (nSPS) is 10.7. The Morgan fingerprint density at radius 3 is 2.79 bits per heavy atom. The fourth-order valence-electron chi connectivity index (χ4n) is 1.90. The lowest BCUT2D eigenvalue weighted by Gasteiger charge is -2.12. The molecule has 2 aromatic heterocycles. The first-order chi connectivity index (χ1) is 8.97. The zero-order valence-electron chi connectivity index (χ0n) is 11.3. The highest BCUT2D eigenvalue weighted by molar-refractivity contribution is 6.03. The number of nitrogen functional groups attached to an aromatic ring is 1. The zero-order valence-corrected chi connectivity index (χ0v) is 11.3. The number of hydrogen-bond donors (Lipinski definition) is 2. The monoisotopic (exact) mass is 258 g/mol. The molecule has 5 nitrogen and oxygen atoms in total. The van der Waals surface area contributed by atoms with Crippen LogP contribution >= 0.6 is 0 Å². The lowest BCUT2D eigenvalue weighted by atomic mass is 10.3. The van der Waals surface area contributed by atoms with Crippen LogP contribution in [-0.2, 0) is 0 Å². The first-order valence-corrected chi connectivity index (χ1v) is 6.19. The minimum Gasteiger partial charge on any atom is -0.397 e. The van der Waals surface area contributed by atoms with Crippen LogP contribution in [0.1, 0.15) is 36.1 Å². The zero-order chi connectivity index (χ0) is 14.0. The van der Waals surface area contributed by atoms with Gasteiger partial charge in [-0.1, -0.05) is 6.07 Å². The fraction of sp³-hybridized carbons (Fsp3) is 0.286. The second kappa shape index (κ2) is 5.14. The Morgan fingerprint density at radius 1 is 1.42 bits per heavy atom. The van der Waals surface area contributed by atoms with E-state index < -0.39 is 0 Å². The number of carbonyl (C=O) groups is 1. The number of amides is 1. The smallest absolute Gasteiger partial charge is 0.273 e. The predicted octanol–water partition coefficient (Wildman–Crippen LogP) is 2.61. The summed E-state index contributed by atoms with van der Waals surface area (Å²) in [7, 11) is 0. The topological polar surface area (TPSA) is 72.9 Å². The molecule has 19 heavy (non-hydrogen) atoms. The molecule has 0 fully saturated rings. The molecule has 1 amide bonds. The predicted molar refractivity (Wildman–Crippen MR) is 76.2 cm³/mol. The molecule has 2 aromatic rings. The first-order valence-electron chi connectivity index (χ1n) is 6.19. The van der Waals surface area contributed by atoms with E-state index in [9.17, 15) is 4.79 Å². The van der Waals surface area contributed by atoms with Gasteiger partial charge in [-0.05, 0) is 39.0 Å². The highest BCUT2D eigenvalue weighted by atomic mass is 16.2. The first kappa shape index (κ1) is 13.1. The number of aryl methyl sites for hydroxylation is 1. The van der Waals surface area contributed by atoms with E-state index >= 15 is 0 Å². The van der Waals surface area contributed by atoms with Crippen LogP contribution < -0.4 is 11.1 Å². The van der Waals surface area contributed by atoms with Crippen molar-refractivity contribution in [3.8, 4) is 0 Å². The summed E-state index contributed by atoms with van der Waals surface area (Å²) in [4.78, 5) is 16.5. The van der Waals surface area contributed by atoms with Gasteiger partial charge in [-0.25, -0.2) is 4.98 Å². The van der Waals surface area contributed by atoms with E-state index in [0.29, 0.717) is 17.2 Å². The Morgan fingerprint density at radius 2 is 2.16 bits per heavy atom. The van der Waals surface area contributed by atoms with Crippen molar-refractivity contribution in [1.82, 2.24) is 9.55 Å². The van der Waals surface area contributed by atoms with Crippen molar-refractivity contribution in [2.24, 2.45) is 0 Å². The van der Waals surface area contributed by atoms with Gasteiger partial charge in [0, 0.05) is 17.9 Å². The lowest BCUT2D eigenvalue weighted by molar-refractivity contribution is 0.101. The summed E-state index contributed by atoms with van der Waals surface area (Å²) in [5, 5.41) is 2.78. The molecule has 100 valence electrons. The Balaban J connectivity index is 2.25. The minimum atomic E-state index is -0.205.